The number of nitrogens with one attached hydrogen (secondary N) is 2. The van der Waals surface area contributed by atoms with Gasteiger partial charge in [0.25, 0.3) is 5.91 Å². The molecule has 1 aromatic heterocycles. The third kappa shape index (κ3) is 4.68. The summed E-state index contributed by atoms with van der Waals surface area (Å²) in [4.78, 5) is 18.0. The molecule has 0 aliphatic carbocycles. The van der Waals surface area contributed by atoms with Crippen LogP contribution in [0.2, 0.25) is 0 Å². The number of nitrogens with two attached hydrogens (primary N) is 1. The predicted molar refractivity (Wildman–Crippen MR) is 72.2 cm³/mol. The molecular weight excluding hydrogens is 230 g/mol. The van der Waals surface area contributed by atoms with Crippen LogP contribution >= 0.6 is 0 Å². The summed E-state index contributed by atoms with van der Waals surface area (Å²) in [6.07, 6.45) is 3.60. The minimum Gasteiger partial charge on any atom is -0.352 e. The van der Waals surface area contributed by atoms with E-state index in [0.29, 0.717) is 17.9 Å². The zero-order valence-electron chi connectivity index (χ0n) is 10.9. The molecule has 0 unspecified atom stereocenters. The highest BCUT2D eigenvalue weighted by Crippen LogP contribution is 2.09. The van der Waals surface area contributed by atoms with Gasteiger partial charge < -0.3 is 15.6 Å². The maximum Gasteiger partial charge on any atom is 0.255 e. The van der Waals surface area contributed by atoms with Gasteiger partial charge >= 0.3 is 0 Å². The van der Waals surface area contributed by atoms with Crippen molar-refractivity contribution in [2.24, 2.45) is 5.84 Å². The first-order valence-electron chi connectivity index (χ1n) is 5.99. The van der Waals surface area contributed by atoms with E-state index in [1.54, 1.807) is 18.3 Å². The van der Waals surface area contributed by atoms with Gasteiger partial charge in [0.15, 0.2) is 5.82 Å². The molecule has 6 nitrogen and oxygen atoms in total. The number of carbonyl (C=O) groups excluding carboxylic acids is 1. The molecule has 1 heterocycles. The molecule has 0 spiro atoms. The van der Waals surface area contributed by atoms with Crippen molar-refractivity contribution in [2.75, 3.05) is 32.6 Å². The molecule has 1 amide bonds. The van der Waals surface area contributed by atoms with E-state index in [9.17, 15) is 4.79 Å². The van der Waals surface area contributed by atoms with Gasteiger partial charge in [0.05, 0.1) is 5.56 Å². The van der Waals surface area contributed by atoms with E-state index in [4.69, 9.17) is 5.84 Å². The van der Waals surface area contributed by atoms with Crippen molar-refractivity contribution in [2.45, 2.75) is 12.8 Å². The van der Waals surface area contributed by atoms with Crippen LogP contribution in [0.4, 0.5) is 5.82 Å². The molecule has 0 fully saturated rings. The molecule has 0 saturated carbocycles. The average molecular weight is 251 g/mol. The second-order valence-corrected chi connectivity index (χ2v) is 4.31. The van der Waals surface area contributed by atoms with Crippen molar-refractivity contribution >= 4 is 11.7 Å². The Hall–Kier alpha value is -1.66. The highest BCUT2D eigenvalue weighted by molar-refractivity contribution is 5.98. The van der Waals surface area contributed by atoms with Gasteiger partial charge in [-0.05, 0) is 45.6 Å². The maximum atomic E-state index is 11.9. The van der Waals surface area contributed by atoms with E-state index in [0.717, 1.165) is 19.4 Å². The summed E-state index contributed by atoms with van der Waals surface area (Å²) in [5, 5.41) is 2.85. The number of hydrogen-bond donors (Lipinski definition) is 3. The van der Waals surface area contributed by atoms with E-state index in [1.807, 2.05) is 14.1 Å². The second-order valence-electron chi connectivity index (χ2n) is 4.31. The number of aromatic nitrogens is 1. The summed E-state index contributed by atoms with van der Waals surface area (Å²) >= 11 is 0. The minimum atomic E-state index is -0.152. The Morgan fingerprint density at radius 2 is 2.22 bits per heavy atom. The molecule has 1 rings (SSSR count). The lowest BCUT2D eigenvalue weighted by atomic mass is 10.2. The standard InChI is InChI=1S/C12H21N5O/c1-17(2)9-4-3-7-15-12(18)10-6-5-8-14-11(10)16-13/h5-6,8H,3-4,7,9,13H2,1-2H3,(H,14,16)(H,15,18). The number of unbranched alkanes of at least 4 members (excludes halogenated alkanes) is 1. The van der Waals surface area contributed by atoms with Gasteiger partial charge in [0, 0.05) is 12.7 Å². The van der Waals surface area contributed by atoms with Gasteiger partial charge in [-0.25, -0.2) is 10.8 Å². The number of nitrogen functional groups attached to an aromatic ring is 1. The van der Waals surface area contributed by atoms with Gasteiger partial charge in [-0.3, -0.25) is 4.79 Å². The quantitative estimate of drug-likeness (QED) is 0.372. The van der Waals surface area contributed by atoms with E-state index in [2.05, 4.69) is 20.6 Å². The fourth-order valence-electron chi connectivity index (χ4n) is 1.55. The first kappa shape index (κ1) is 14.4. The van der Waals surface area contributed by atoms with Gasteiger partial charge in [-0.15, -0.1) is 0 Å². The smallest absolute Gasteiger partial charge is 0.255 e. The van der Waals surface area contributed by atoms with Crippen LogP contribution in [-0.2, 0) is 0 Å². The van der Waals surface area contributed by atoms with Crippen LogP contribution in [0.25, 0.3) is 0 Å². The highest BCUT2D eigenvalue weighted by atomic mass is 16.1. The lowest BCUT2D eigenvalue weighted by Crippen LogP contribution is -2.27. The summed E-state index contributed by atoms with van der Waals surface area (Å²) in [5.41, 5.74) is 2.88. The number of rotatable bonds is 7. The number of amides is 1. The minimum absolute atomic E-state index is 0.152. The summed E-state index contributed by atoms with van der Waals surface area (Å²) in [6, 6.07) is 3.40. The first-order valence-corrected chi connectivity index (χ1v) is 5.99. The molecule has 4 N–H and O–H groups in total. The number of anilines is 1. The Bertz CT molecular complexity index is 380. The number of pyridine rings is 1. The SMILES string of the molecule is CN(C)CCCCNC(=O)c1cccnc1NN. The van der Waals surface area contributed by atoms with Crippen molar-refractivity contribution in [3.8, 4) is 0 Å². The molecule has 0 radical (unpaired) electrons. The van der Waals surface area contributed by atoms with Crippen molar-refractivity contribution in [1.29, 1.82) is 0 Å². The normalized spacial score (nSPS) is 10.4. The molecule has 1 aromatic rings. The van der Waals surface area contributed by atoms with Crippen LogP contribution in [0.3, 0.4) is 0 Å². The number of hydrogen-bond acceptors (Lipinski definition) is 5. The molecule has 0 aliphatic heterocycles. The first-order chi connectivity index (χ1) is 8.65. The van der Waals surface area contributed by atoms with Crippen LogP contribution in [0.1, 0.15) is 23.2 Å². The Morgan fingerprint density at radius 1 is 1.44 bits per heavy atom. The molecule has 0 aliphatic rings. The summed E-state index contributed by atoms with van der Waals surface area (Å²) in [6.45, 7) is 1.68. The highest BCUT2D eigenvalue weighted by Gasteiger charge is 2.10. The maximum absolute atomic E-state index is 11.9. The number of carbonyl (C=O) groups is 1. The Kier molecular flexibility index (Phi) is 6.10. The third-order valence-corrected chi connectivity index (χ3v) is 2.51. The molecule has 18 heavy (non-hydrogen) atoms. The largest absolute Gasteiger partial charge is 0.352 e. The van der Waals surface area contributed by atoms with Crippen LogP contribution in [0.5, 0.6) is 0 Å². The van der Waals surface area contributed by atoms with Crippen LogP contribution in [-0.4, -0.2) is 43.0 Å². The molecular formula is C12H21N5O. The summed E-state index contributed by atoms with van der Waals surface area (Å²) < 4.78 is 0. The lowest BCUT2D eigenvalue weighted by molar-refractivity contribution is 0.0953. The number of nitrogens with zero attached hydrogens (tertiary/aromatic N) is 2. The van der Waals surface area contributed by atoms with Crippen molar-refractivity contribution in [1.82, 2.24) is 15.2 Å². The van der Waals surface area contributed by atoms with Gasteiger partial charge in [0.1, 0.15) is 0 Å². The summed E-state index contributed by atoms with van der Waals surface area (Å²) in [7, 11) is 4.07. The molecule has 6 heteroatoms. The molecule has 0 atom stereocenters. The van der Waals surface area contributed by atoms with Crippen LogP contribution in [0.15, 0.2) is 18.3 Å². The van der Waals surface area contributed by atoms with E-state index < -0.39 is 0 Å². The van der Waals surface area contributed by atoms with Gasteiger partial charge in [0.2, 0.25) is 0 Å². The van der Waals surface area contributed by atoms with E-state index in [1.165, 1.54) is 0 Å². The Morgan fingerprint density at radius 3 is 2.89 bits per heavy atom. The Labute approximate surface area is 108 Å². The lowest BCUT2D eigenvalue weighted by Gasteiger charge is -2.10. The van der Waals surface area contributed by atoms with Crippen molar-refractivity contribution in [3.63, 3.8) is 0 Å². The fourth-order valence-corrected chi connectivity index (χ4v) is 1.55. The van der Waals surface area contributed by atoms with Crippen LogP contribution < -0.4 is 16.6 Å². The average Bonchev–Trinajstić information content (AvgIpc) is 2.37. The zero-order chi connectivity index (χ0) is 13.4. The van der Waals surface area contributed by atoms with Gasteiger partial charge in [-0.1, -0.05) is 0 Å². The van der Waals surface area contributed by atoms with Crippen molar-refractivity contribution in [3.05, 3.63) is 23.9 Å². The van der Waals surface area contributed by atoms with Gasteiger partial charge in [-0.2, -0.15) is 0 Å². The molecule has 0 aromatic carbocycles. The predicted octanol–water partition coefficient (Wildman–Crippen LogP) is 0.439. The molecule has 0 bridgehead atoms. The molecule has 100 valence electrons. The third-order valence-electron chi connectivity index (χ3n) is 2.51. The van der Waals surface area contributed by atoms with Crippen LogP contribution in [0, 0.1) is 0 Å². The monoisotopic (exact) mass is 251 g/mol. The zero-order valence-corrected chi connectivity index (χ0v) is 10.9. The summed E-state index contributed by atoms with van der Waals surface area (Å²) in [5.74, 6) is 5.54. The number of hydrazine groups is 1. The Balaban J connectivity index is 2.36. The molecule has 0 saturated heterocycles. The second kappa shape index (κ2) is 7.62. The van der Waals surface area contributed by atoms with Crippen molar-refractivity contribution < 1.29 is 4.79 Å². The topological polar surface area (TPSA) is 83.3 Å². The van der Waals surface area contributed by atoms with E-state index >= 15 is 0 Å². The van der Waals surface area contributed by atoms with E-state index in [-0.39, 0.29) is 5.91 Å². The fraction of sp³-hybridized carbons (Fsp3) is 0.500.